The predicted molar refractivity (Wildman–Crippen MR) is 120 cm³/mol. The smallest absolute Gasteiger partial charge is 0.407 e. The highest BCUT2D eigenvalue weighted by molar-refractivity contribution is 5.85. The number of piperidine rings is 1. The Morgan fingerprint density at radius 1 is 1.09 bits per heavy atom. The van der Waals surface area contributed by atoms with E-state index in [1.54, 1.807) is 0 Å². The maximum absolute atomic E-state index is 14.6. The Hall–Kier alpha value is -3.49. The summed E-state index contributed by atoms with van der Waals surface area (Å²) in [6.07, 6.45) is -0.406. The molecule has 7 nitrogen and oxygen atoms in total. The topological polar surface area (TPSA) is 95.9 Å². The SMILES string of the molecule is C[C@H]1[C@@H](C(=O)O)CCCN1C(=O)C(F)(F)CNC(=O)OCC1c2ccccc2-c2ccccc21. The van der Waals surface area contributed by atoms with Gasteiger partial charge in [-0.1, -0.05) is 48.5 Å². The number of alkyl carbamates (subject to hydrolysis) is 1. The van der Waals surface area contributed by atoms with Gasteiger partial charge in [-0.25, -0.2) is 4.79 Å². The van der Waals surface area contributed by atoms with Crippen LogP contribution in [0.15, 0.2) is 48.5 Å². The number of hydrogen-bond acceptors (Lipinski definition) is 4. The number of halogens is 2. The van der Waals surface area contributed by atoms with Crippen LogP contribution in [0.25, 0.3) is 11.1 Å². The molecule has 180 valence electrons. The number of benzene rings is 2. The fraction of sp³-hybridized carbons (Fsp3) is 0.400. The van der Waals surface area contributed by atoms with E-state index in [1.807, 2.05) is 53.8 Å². The van der Waals surface area contributed by atoms with E-state index in [4.69, 9.17) is 4.74 Å². The van der Waals surface area contributed by atoms with Crippen molar-refractivity contribution in [2.24, 2.45) is 5.92 Å². The molecule has 0 aromatic heterocycles. The molecule has 2 amide bonds. The number of carboxylic acid groups (broad SMARTS) is 1. The average molecular weight is 472 g/mol. The van der Waals surface area contributed by atoms with Gasteiger partial charge in [0.1, 0.15) is 6.61 Å². The molecule has 1 aliphatic carbocycles. The largest absolute Gasteiger partial charge is 0.481 e. The van der Waals surface area contributed by atoms with Gasteiger partial charge >= 0.3 is 18.0 Å². The number of amides is 2. The van der Waals surface area contributed by atoms with Crippen molar-refractivity contribution in [3.05, 3.63) is 59.7 Å². The van der Waals surface area contributed by atoms with E-state index in [0.29, 0.717) is 12.8 Å². The third-order valence-corrected chi connectivity index (χ3v) is 6.68. The molecule has 34 heavy (non-hydrogen) atoms. The first-order valence-corrected chi connectivity index (χ1v) is 11.2. The number of carboxylic acids is 1. The van der Waals surface area contributed by atoms with E-state index in [2.05, 4.69) is 0 Å². The number of nitrogens with zero attached hydrogens (tertiary/aromatic N) is 1. The summed E-state index contributed by atoms with van der Waals surface area (Å²) in [5, 5.41) is 11.2. The fourth-order valence-corrected chi connectivity index (χ4v) is 4.88. The van der Waals surface area contributed by atoms with Crippen molar-refractivity contribution in [1.29, 1.82) is 0 Å². The van der Waals surface area contributed by atoms with Crippen LogP contribution in [0, 0.1) is 5.92 Å². The molecule has 0 unspecified atom stereocenters. The zero-order valence-electron chi connectivity index (χ0n) is 18.7. The molecule has 0 radical (unpaired) electrons. The molecule has 9 heteroatoms. The van der Waals surface area contributed by atoms with Crippen molar-refractivity contribution in [2.75, 3.05) is 19.7 Å². The van der Waals surface area contributed by atoms with E-state index in [-0.39, 0.29) is 19.1 Å². The number of aliphatic carboxylic acids is 1. The summed E-state index contributed by atoms with van der Waals surface area (Å²) in [6, 6.07) is 14.6. The molecular formula is C25H26F2N2O5. The van der Waals surface area contributed by atoms with Crippen molar-refractivity contribution >= 4 is 18.0 Å². The molecule has 0 saturated carbocycles. The number of nitrogens with one attached hydrogen (secondary N) is 1. The van der Waals surface area contributed by atoms with Gasteiger partial charge in [0, 0.05) is 18.5 Å². The first-order valence-electron chi connectivity index (χ1n) is 11.2. The summed E-state index contributed by atoms with van der Waals surface area (Å²) in [7, 11) is 0. The van der Waals surface area contributed by atoms with Crippen LogP contribution in [0.2, 0.25) is 0 Å². The maximum atomic E-state index is 14.6. The molecule has 0 spiro atoms. The quantitative estimate of drug-likeness (QED) is 0.666. The fourth-order valence-electron chi connectivity index (χ4n) is 4.88. The highest BCUT2D eigenvalue weighted by Gasteiger charge is 2.47. The Balaban J connectivity index is 1.35. The predicted octanol–water partition coefficient (Wildman–Crippen LogP) is 3.87. The van der Waals surface area contributed by atoms with Gasteiger partial charge < -0.3 is 20.1 Å². The average Bonchev–Trinajstić information content (AvgIpc) is 3.15. The van der Waals surface area contributed by atoms with E-state index < -0.39 is 42.4 Å². The van der Waals surface area contributed by atoms with Crippen molar-refractivity contribution in [2.45, 2.75) is 37.6 Å². The van der Waals surface area contributed by atoms with Crippen LogP contribution >= 0.6 is 0 Å². The number of carbonyl (C=O) groups excluding carboxylic acids is 2. The molecule has 2 N–H and O–H groups in total. The number of rotatable bonds is 6. The number of hydrogen-bond donors (Lipinski definition) is 2. The molecular weight excluding hydrogens is 446 g/mol. The minimum atomic E-state index is -3.89. The van der Waals surface area contributed by atoms with Crippen molar-refractivity contribution in [3.8, 4) is 11.1 Å². The van der Waals surface area contributed by atoms with Crippen molar-refractivity contribution in [1.82, 2.24) is 10.2 Å². The number of alkyl halides is 2. The maximum Gasteiger partial charge on any atom is 0.407 e. The molecule has 0 bridgehead atoms. The Labute approximate surface area is 195 Å². The molecule has 1 fully saturated rings. The lowest BCUT2D eigenvalue weighted by Crippen LogP contribution is -2.56. The normalized spacial score (nSPS) is 19.8. The second kappa shape index (κ2) is 9.40. The number of ether oxygens (including phenoxy) is 1. The van der Waals surface area contributed by atoms with Gasteiger partial charge in [0.25, 0.3) is 5.91 Å². The lowest BCUT2D eigenvalue weighted by atomic mass is 9.90. The number of fused-ring (bicyclic) bond motifs is 3. The van der Waals surface area contributed by atoms with Crippen LogP contribution in [0.3, 0.4) is 0 Å². The third-order valence-electron chi connectivity index (χ3n) is 6.68. The second-order valence-corrected chi connectivity index (χ2v) is 8.71. The molecule has 2 aliphatic rings. The first kappa shape index (κ1) is 23.7. The van der Waals surface area contributed by atoms with Crippen LogP contribution in [-0.4, -0.2) is 59.6 Å². The first-order chi connectivity index (χ1) is 16.2. The zero-order valence-corrected chi connectivity index (χ0v) is 18.7. The molecule has 1 heterocycles. The highest BCUT2D eigenvalue weighted by Crippen LogP contribution is 2.44. The summed E-state index contributed by atoms with van der Waals surface area (Å²) in [6.45, 7) is 0.224. The van der Waals surface area contributed by atoms with E-state index in [1.165, 1.54) is 6.92 Å². The lowest BCUT2D eigenvalue weighted by Gasteiger charge is -2.39. The van der Waals surface area contributed by atoms with Gasteiger partial charge in [-0.05, 0) is 42.0 Å². The van der Waals surface area contributed by atoms with Gasteiger partial charge in [0.2, 0.25) is 0 Å². The van der Waals surface area contributed by atoms with Crippen LogP contribution < -0.4 is 5.32 Å². The second-order valence-electron chi connectivity index (χ2n) is 8.71. The summed E-state index contributed by atoms with van der Waals surface area (Å²) in [5.74, 6) is -7.62. The molecule has 2 aromatic rings. The standard InChI is InChI=1S/C25H26F2N2O5/c1-15-16(22(30)31)11-6-12-29(15)23(32)25(26,27)14-28-24(33)34-13-21-19-9-4-2-7-17(19)18-8-3-5-10-20(18)21/h2-5,7-10,15-16,21H,6,11-14H2,1H3,(H,28,33)(H,30,31)/t15-,16-/m0/s1. The number of likely N-dealkylation sites (tertiary alicyclic amines) is 1. The summed E-state index contributed by atoms with van der Waals surface area (Å²) < 4.78 is 34.4. The third kappa shape index (κ3) is 4.47. The van der Waals surface area contributed by atoms with Crippen LogP contribution in [0.1, 0.15) is 36.8 Å². The monoisotopic (exact) mass is 472 g/mol. The van der Waals surface area contributed by atoms with Gasteiger partial charge in [0.15, 0.2) is 0 Å². The Morgan fingerprint density at radius 2 is 1.68 bits per heavy atom. The van der Waals surface area contributed by atoms with Crippen LogP contribution in [-0.2, 0) is 14.3 Å². The molecule has 2 aromatic carbocycles. The number of carbonyl (C=O) groups is 3. The Kier molecular flexibility index (Phi) is 6.54. The molecule has 4 rings (SSSR count). The molecule has 1 saturated heterocycles. The van der Waals surface area contributed by atoms with E-state index in [9.17, 15) is 28.3 Å². The molecule has 1 aliphatic heterocycles. The summed E-state index contributed by atoms with van der Waals surface area (Å²) in [4.78, 5) is 36.9. The van der Waals surface area contributed by atoms with E-state index in [0.717, 1.165) is 27.2 Å². The van der Waals surface area contributed by atoms with E-state index >= 15 is 0 Å². The molecule has 2 atom stereocenters. The summed E-state index contributed by atoms with van der Waals surface area (Å²) in [5.41, 5.74) is 4.06. The van der Waals surface area contributed by atoms with Gasteiger partial charge in [-0.2, -0.15) is 8.78 Å². The minimum Gasteiger partial charge on any atom is -0.481 e. The lowest BCUT2D eigenvalue weighted by molar-refractivity contribution is -0.164. The van der Waals surface area contributed by atoms with Crippen molar-refractivity contribution in [3.63, 3.8) is 0 Å². The Bertz CT molecular complexity index is 1060. The van der Waals surface area contributed by atoms with Crippen molar-refractivity contribution < 1.29 is 33.0 Å². The highest BCUT2D eigenvalue weighted by atomic mass is 19.3. The van der Waals surface area contributed by atoms with Gasteiger partial charge in [-0.15, -0.1) is 0 Å². The van der Waals surface area contributed by atoms with Gasteiger partial charge in [0.05, 0.1) is 12.5 Å². The summed E-state index contributed by atoms with van der Waals surface area (Å²) >= 11 is 0. The zero-order chi connectivity index (χ0) is 24.5. The minimum absolute atomic E-state index is 0.0389. The van der Waals surface area contributed by atoms with Gasteiger partial charge in [-0.3, -0.25) is 9.59 Å². The van der Waals surface area contributed by atoms with Crippen LogP contribution in [0.5, 0.6) is 0 Å². The Morgan fingerprint density at radius 3 is 2.26 bits per heavy atom. The van der Waals surface area contributed by atoms with Crippen LogP contribution in [0.4, 0.5) is 13.6 Å².